The molecule has 16 heavy (non-hydrogen) atoms. The second kappa shape index (κ2) is 3.45. The molecule has 88 valence electrons. The van der Waals surface area contributed by atoms with E-state index in [2.05, 4.69) is 5.32 Å². The van der Waals surface area contributed by atoms with Crippen LogP contribution in [0.3, 0.4) is 0 Å². The average molecular weight is 233 g/mol. The first-order valence-electron chi connectivity index (χ1n) is 4.95. The normalized spacial score (nSPS) is 18.6. The topological polar surface area (TPSA) is 12.0 Å². The van der Waals surface area contributed by atoms with E-state index >= 15 is 0 Å². The van der Waals surface area contributed by atoms with Crippen molar-refractivity contribution in [1.29, 1.82) is 0 Å². The maximum Gasteiger partial charge on any atom is 0.416 e. The Kier molecular flexibility index (Phi) is 2.45. The molecule has 1 saturated carbocycles. The second-order valence-corrected chi connectivity index (χ2v) is 4.02. The molecule has 0 atom stereocenters. The summed E-state index contributed by atoms with van der Waals surface area (Å²) >= 11 is 0. The van der Waals surface area contributed by atoms with Crippen molar-refractivity contribution in [1.82, 2.24) is 5.32 Å². The molecule has 1 nitrogen and oxygen atoms in total. The van der Waals surface area contributed by atoms with Gasteiger partial charge in [-0.15, -0.1) is 0 Å². The highest BCUT2D eigenvalue weighted by Gasteiger charge is 2.45. The third-order valence-corrected chi connectivity index (χ3v) is 3.04. The Hall–Kier alpha value is -1.10. The van der Waals surface area contributed by atoms with Crippen molar-refractivity contribution in [3.05, 3.63) is 35.1 Å². The summed E-state index contributed by atoms with van der Waals surface area (Å²) in [5, 5.41) is 2.95. The van der Waals surface area contributed by atoms with Gasteiger partial charge in [-0.3, -0.25) is 0 Å². The molecule has 0 unspecified atom stereocenters. The van der Waals surface area contributed by atoms with Crippen LogP contribution in [-0.2, 0) is 11.7 Å². The minimum Gasteiger partial charge on any atom is -0.310 e. The van der Waals surface area contributed by atoms with E-state index in [1.807, 2.05) is 0 Å². The Labute approximate surface area is 90.5 Å². The minimum absolute atomic E-state index is 0.322. The van der Waals surface area contributed by atoms with Gasteiger partial charge in [0.05, 0.1) is 5.56 Å². The summed E-state index contributed by atoms with van der Waals surface area (Å²) in [5.74, 6) is -0.790. The molecule has 1 aliphatic carbocycles. The Bertz CT molecular complexity index is 407. The Morgan fingerprint density at radius 1 is 1.25 bits per heavy atom. The van der Waals surface area contributed by atoms with Crippen LogP contribution in [0.15, 0.2) is 18.2 Å². The maximum atomic E-state index is 13.6. The Morgan fingerprint density at radius 3 is 2.25 bits per heavy atom. The molecule has 1 aliphatic rings. The number of halogens is 4. The van der Waals surface area contributed by atoms with E-state index in [0.717, 1.165) is 18.9 Å². The molecule has 0 spiro atoms. The van der Waals surface area contributed by atoms with E-state index in [-0.39, 0.29) is 0 Å². The summed E-state index contributed by atoms with van der Waals surface area (Å²) in [6.07, 6.45) is -2.98. The molecule has 5 heteroatoms. The van der Waals surface area contributed by atoms with Gasteiger partial charge in [0.2, 0.25) is 0 Å². The number of hydrogen-bond donors (Lipinski definition) is 1. The number of benzene rings is 1. The first kappa shape index (κ1) is 11.4. The molecule has 1 aromatic rings. The van der Waals surface area contributed by atoms with E-state index < -0.39 is 23.1 Å². The van der Waals surface area contributed by atoms with Crippen LogP contribution in [0.4, 0.5) is 17.6 Å². The molecule has 0 bridgehead atoms. The van der Waals surface area contributed by atoms with Crippen LogP contribution >= 0.6 is 0 Å². The van der Waals surface area contributed by atoms with Gasteiger partial charge in [-0.25, -0.2) is 4.39 Å². The molecule has 1 aromatic carbocycles. The molecule has 0 aliphatic heterocycles. The van der Waals surface area contributed by atoms with Gasteiger partial charge in [0, 0.05) is 11.1 Å². The fourth-order valence-electron chi connectivity index (χ4n) is 1.86. The van der Waals surface area contributed by atoms with Crippen molar-refractivity contribution in [2.24, 2.45) is 0 Å². The van der Waals surface area contributed by atoms with Gasteiger partial charge in [-0.05, 0) is 32.0 Å². The molecular weight excluding hydrogens is 222 g/mol. The summed E-state index contributed by atoms with van der Waals surface area (Å²) in [6, 6.07) is 2.71. The summed E-state index contributed by atoms with van der Waals surface area (Å²) in [7, 11) is 1.68. The molecule has 2 rings (SSSR count). The Balaban J connectivity index is 2.38. The van der Waals surface area contributed by atoms with Crippen LogP contribution in [0, 0.1) is 5.82 Å². The van der Waals surface area contributed by atoms with Gasteiger partial charge in [-0.1, -0.05) is 6.07 Å². The van der Waals surface area contributed by atoms with Gasteiger partial charge in [-0.2, -0.15) is 13.2 Å². The molecular formula is C11H11F4N. The van der Waals surface area contributed by atoms with Gasteiger partial charge in [0.1, 0.15) is 5.82 Å². The highest BCUT2D eigenvalue weighted by Crippen LogP contribution is 2.46. The zero-order valence-electron chi connectivity index (χ0n) is 8.66. The maximum absolute atomic E-state index is 13.6. The first-order chi connectivity index (χ1) is 7.39. The van der Waals surface area contributed by atoms with Crippen molar-refractivity contribution in [2.45, 2.75) is 24.6 Å². The second-order valence-electron chi connectivity index (χ2n) is 4.02. The first-order valence-corrected chi connectivity index (χ1v) is 4.95. The van der Waals surface area contributed by atoms with E-state index in [1.165, 1.54) is 6.07 Å². The lowest BCUT2D eigenvalue weighted by Crippen LogP contribution is -2.26. The van der Waals surface area contributed by atoms with E-state index in [9.17, 15) is 17.6 Å². The van der Waals surface area contributed by atoms with Crippen molar-refractivity contribution >= 4 is 0 Å². The van der Waals surface area contributed by atoms with Crippen LogP contribution in [0.2, 0.25) is 0 Å². The van der Waals surface area contributed by atoms with Crippen LogP contribution in [-0.4, -0.2) is 7.05 Å². The van der Waals surface area contributed by atoms with E-state index in [4.69, 9.17) is 0 Å². The molecule has 0 amide bonds. The number of hydrogen-bond acceptors (Lipinski definition) is 1. The highest BCUT2D eigenvalue weighted by atomic mass is 19.4. The molecule has 1 N–H and O–H groups in total. The van der Waals surface area contributed by atoms with Gasteiger partial charge in [0.25, 0.3) is 0 Å². The largest absolute Gasteiger partial charge is 0.416 e. The minimum atomic E-state index is -4.49. The van der Waals surface area contributed by atoms with Crippen LogP contribution < -0.4 is 5.32 Å². The standard InChI is InChI=1S/C11H11F4N/c1-16-10(4-5-10)8-3-2-7(6-9(8)12)11(13,14)15/h2-3,6,16H,4-5H2,1H3. The van der Waals surface area contributed by atoms with Crippen molar-refractivity contribution in [3.8, 4) is 0 Å². The number of rotatable bonds is 2. The lowest BCUT2D eigenvalue weighted by Gasteiger charge is -2.16. The smallest absolute Gasteiger partial charge is 0.310 e. The predicted molar refractivity (Wildman–Crippen MR) is 51.4 cm³/mol. The van der Waals surface area contributed by atoms with E-state index in [1.54, 1.807) is 7.05 Å². The number of nitrogens with one attached hydrogen (secondary N) is 1. The fraction of sp³-hybridized carbons (Fsp3) is 0.455. The molecule has 0 radical (unpaired) electrons. The quantitative estimate of drug-likeness (QED) is 0.774. The predicted octanol–water partition coefficient (Wildman–Crippen LogP) is 3.05. The summed E-state index contributed by atoms with van der Waals surface area (Å²) < 4.78 is 50.5. The molecule has 0 heterocycles. The number of alkyl halides is 3. The van der Waals surface area contributed by atoms with Crippen molar-refractivity contribution in [3.63, 3.8) is 0 Å². The third-order valence-electron chi connectivity index (χ3n) is 3.04. The average Bonchev–Trinajstić information content (AvgIpc) is 2.97. The summed E-state index contributed by atoms with van der Waals surface area (Å²) in [6.45, 7) is 0. The lowest BCUT2D eigenvalue weighted by atomic mass is 10.0. The van der Waals surface area contributed by atoms with E-state index in [0.29, 0.717) is 11.6 Å². The molecule has 0 saturated heterocycles. The van der Waals surface area contributed by atoms with Gasteiger partial charge in [0.15, 0.2) is 0 Å². The van der Waals surface area contributed by atoms with Crippen LogP contribution in [0.25, 0.3) is 0 Å². The summed E-state index contributed by atoms with van der Waals surface area (Å²) in [4.78, 5) is 0. The van der Waals surface area contributed by atoms with Crippen molar-refractivity contribution < 1.29 is 17.6 Å². The molecule has 0 aromatic heterocycles. The third kappa shape index (κ3) is 1.80. The zero-order chi connectivity index (χ0) is 12.0. The van der Waals surface area contributed by atoms with Crippen LogP contribution in [0.5, 0.6) is 0 Å². The van der Waals surface area contributed by atoms with Gasteiger partial charge < -0.3 is 5.32 Å². The molecule has 1 fully saturated rings. The van der Waals surface area contributed by atoms with Crippen LogP contribution in [0.1, 0.15) is 24.0 Å². The zero-order valence-corrected chi connectivity index (χ0v) is 8.66. The SMILES string of the molecule is CNC1(c2ccc(C(F)(F)F)cc2F)CC1. The monoisotopic (exact) mass is 233 g/mol. The lowest BCUT2D eigenvalue weighted by molar-refractivity contribution is -0.137. The summed E-state index contributed by atoms with van der Waals surface area (Å²) in [5.41, 5.74) is -1.07. The highest BCUT2D eigenvalue weighted by molar-refractivity contribution is 5.35. The fourth-order valence-corrected chi connectivity index (χ4v) is 1.86. The van der Waals surface area contributed by atoms with Gasteiger partial charge >= 0.3 is 6.18 Å². The van der Waals surface area contributed by atoms with Crippen molar-refractivity contribution in [2.75, 3.05) is 7.05 Å². The Morgan fingerprint density at radius 2 is 1.88 bits per heavy atom.